The van der Waals surface area contributed by atoms with E-state index in [9.17, 15) is 4.79 Å². The van der Waals surface area contributed by atoms with Gasteiger partial charge in [-0.3, -0.25) is 9.36 Å². The topological polar surface area (TPSA) is 82.0 Å². The van der Waals surface area contributed by atoms with Gasteiger partial charge < -0.3 is 10.6 Å². The molecule has 7 nitrogen and oxygen atoms in total. The van der Waals surface area contributed by atoms with Gasteiger partial charge in [0.25, 0.3) is 5.56 Å². The van der Waals surface area contributed by atoms with Crippen molar-refractivity contribution in [3.8, 4) is 11.8 Å². The summed E-state index contributed by atoms with van der Waals surface area (Å²) in [4.78, 5) is 19.2. The highest BCUT2D eigenvalue weighted by Gasteiger charge is 2.23. The first-order valence-electron chi connectivity index (χ1n) is 7.44. The lowest BCUT2D eigenvalue weighted by Crippen LogP contribution is -2.44. The second-order valence-electron chi connectivity index (χ2n) is 5.58. The van der Waals surface area contributed by atoms with Gasteiger partial charge in [0.05, 0.1) is 12.7 Å². The van der Waals surface area contributed by atoms with Crippen molar-refractivity contribution in [1.82, 2.24) is 19.3 Å². The molecule has 1 aliphatic rings. The van der Waals surface area contributed by atoms with Crippen molar-refractivity contribution in [2.24, 2.45) is 12.8 Å². The highest BCUT2D eigenvalue weighted by atomic mass is 16.1. The van der Waals surface area contributed by atoms with E-state index in [1.165, 1.54) is 4.68 Å². The molecule has 0 amide bonds. The minimum atomic E-state index is -0.157. The molecule has 3 heterocycles. The van der Waals surface area contributed by atoms with Crippen LogP contribution in [0.3, 0.4) is 0 Å². The van der Waals surface area contributed by atoms with Crippen LogP contribution in [0.15, 0.2) is 11.0 Å². The number of rotatable bonds is 2. The molecule has 7 heteroatoms. The van der Waals surface area contributed by atoms with Gasteiger partial charge in [-0.25, -0.2) is 9.67 Å². The summed E-state index contributed by atoms with van der Waals surface area (Å²) in [6.07, 6.45) is 3.68. The molecule has 0 aromatic carbocycles. The Morgan fingerprint density at radius 2 is 2.32 bits per heavy atom. The maximum atomic E-state index is 12.4. The predicted molar refractivity (Wildman–Crippen MR) is 85.6 cm³/mol. The zero-order valence-electron chi connectivity index (χ0n) is 12.9. The van der Waals surface area contributed by atoms with Crippen LogP contribution >= 0.6 is 0 Å². The van der Waals surface area contributed by atoms with Crippen molar-refractivity contribution in [3.05, 3.63) is 16.6 Å². The fraction of sp³-hybridized carbons (Fsp3) is 0.533. The largest absolute Gasteiger partial charge is 0.341 e. The molecule has 2 N–H and O–H groups in total. The number of hydrogen-bond donors (Lipinski definition) is 1. The van der Waals surface area contributed by atoms with Gasteiger partial charge in [0.2, 0.25) is 5.95 Å². The zero-order valence-corrected chi connectivity index (χ0v) is 12.9. The van der Waals surface area contributed by atoms with E-state index in [0.29, 0.717) is 17.6 Å². The van der Waals surface area contributed by atoms with Crippen molar-refractivity contribution >= 4 is 17.0 Å². The van der Waals surface area contributed by atoms with Crippen molar-refractivity contribution in [1.29, 1.82) is 0 Å². The van der Waals surface area contributed by atoms with Crippen molar-refractivity contribution in [3.63, 3.8) is 0 Å². The average Bonchev–Trinajstić information content (AvgIpc) is 2.88. The SMILES string of the molecule is CC#CCn1c(N2CCCC(N)C2)nc2cnn(C)c(=O)c21. The van der Waals surface area contributed by atoms with Crippen LogP contribution in [-0.4, -0.2) is 38.5 Å². The van der Waals surface area contributed by atoms with Crippen LogP contribution in [0.2, 0.25) is 0 Å². The number of piperidine rings is 1. The number of imidazole rings is 1. The number of nitrogens with zero attached hydrogens (tertiary/aromatic N) is 5. The Bertz CT molecular complexity index is 809. The lowest BCUT2D eigenvalue weighted by Gasteiger charge is -2.31. The molecular formula is C15H20N6O. The maximum Gasteiger partial charge on any atom is 0.292 e. The van der Waals surface area contributed by atoms with Crippen molar-refractivity contribution in [2.45, 2.75) is 32.4 Å². The number of aromatic nitrogens is 4. The van der Waals surface area contributed by atoms with Gasteiger partial charge in [-0.1, -0.05) is 5.92 Å². The summed E-state index contributed by atoms with van der Waals surface area (Å²) in [7, 11) is 1.64. The first kappa shape index (κ1) is 14.6. The summed E-state index contributed by atoms with van der Waals surface area (Å²) in [5.74, 6) is 6.67. The molecule has 2 aromatic heterocycles. The highest BCUT2D eigenvalue weighted by molar-refractivity contribution is 5.77. The standard InChI is InChI=1S/C15H20N6O/c1-3-4-8-21-13-12(9-17-19(2)14(13)22)18-15(21)20-7-5-6-11(16)10-20/h9,11H,5-8,10,16H2,1-2H3. The molecular weight excluding hydrogens is 280 g/mol. The minimum absolute atomic E-state index is 0.139. The number of hydrogen-bond acceptors (Lipinski definition) is 5. The normalized spacial score (nSPS) is 18.3. The second-order valence-corrected chi connectivity index (χ2v) is 5.58. The fourth-order valence-electron chi connectivity index (χ4n) is 2.86. The lowest BCUT2D eigenvalue weighted by molar-refractivity contribution is 0.496. The predicted octanol–water partition coefficient (Wildman–Crippen LogP) is 0.0808. The molecule has 1 unspecified atom stereocenters. The van der Waals surface area contributed by atoms with E-state index in [2.05, 4.69) is 26.8 Å². The third kappa shape index (κ3) is 2.46. The molecule has 1 saturated heterocycles. The second kappa shape index (κ2) is 5.81. The van der Waals surface area contributed by atoms with Crippen LogP contribution in [0.1, 0.15) is 19.8 Å². The smallest absolute Gasteiger partial charge is 0.292 e. The molecule has 2 aromatic rings. The number of fused-ring (bicyclic) bond motifs is 1. The van der Waals surface area contributed by atoms with E-state index in [1.807, 2.05) is 4.57 Å². The molecule has 0 bridgehead atoms. The summed E-state index contributed by atoms with van der Waals surface area (Å²) >= 11 is 0. The Hall–Kier alpha value is -2.33. The molecule has 1 atom stereocenters. The van der Waals surface area contributed by atoms with Crippen LogP contribution < -0.4 is 16.2 Å². The van der Waals surface area contributed by atoms with E-state index in [4.69, 9.17) is 5.73 Å². The van der Waals surface area contributed by atoms with E-state index in [1.54, 1.807) is 20.2 Å². The molecule has 116 valence electrons. The van der Waals surface area contributed by atoms with Crippen molar-refractivity contribution < 1.29 is 0 Å². The van der Waals surface area contributed by atoms with Gasteiger partial charge in [0.1, 0.15) is 11.0 Å². The quantitative estimate of drug-likeness (QED) is 0.794. The van der Waals surface area contributed by atoms with Gasteiger partial charge in [0, 0.05) is 26.2 Å². The van der Waals surface area contributed by atoms with Crippen LogP contribution in [0, 0.1) is 11.8 Å². The van der Waals surface area contributed by atoms with E-state index in [-0.39, 0.29) is 11.6 Å². The molecule has 0 spiro atoms. The third-order valence-electron chi connectivity index (χ3n) is 3.98. The van der Waals surface area contributed by atoms with E-state index >= 15 is 0 Å². The monoisotopic (exact) mass is 300 g/mol. The average molecular weight is 300 g/mol. The summed E-state index contributed by atoms with van der Waals surface area (Å²) in [6.45, 7) is 3.86. The van der Waals surface area contributed by atoms with Crippen LogP contribution in [0.4, 0.5) is 5.95 Å². The molecule has 22 heavy (non-hydrogen) atoms. The zero-order chi connectivity index (χ0) is 15.7. The molecule has 0 saturated carbocycles. The number of nitrogens with two attached hydrogens (primary N) is 1. The molecule has 0 radical (unpaired) electrons. The Morgan fingerprint density at radius 3 is 3.05 bits per heavy atom. The third-order valence-corrected chi connectivity index (χ3v) is 3.98. The fourth-order valence-corrected chi connectivity index (χ4v) is 2.86. The molecule has 0 aliphatic carbocycles. The van der Waals surface area contributed by atoms with E-state index < -0.39 is 0 Å². The van der Waals surface area contributed by atoms with Gasteiger partial charge in [-0.2, -0.15) is 5.10 Å². The number of anilines is 1. The number of aryl methyl sites for hydroxylation is 1. The molecule has 3 rings (SSSR count). The van der Waals surface area contributed by atoms with Gasteiger partial charge >= 0.3 is 0 Å². The molecule has 1 fully saturated rings. The van der Waals surface area contributed by atoms with Crippen LogP contribution in [0.25, 0.3) is 11.0 Å². The first-order valence-corrected chi connectivity index (χ1v) is 7.44. The first-order chi connectivity index (χ1) is 10.6. The van der Waals surface area contributed by atoms with Crippen molar-refractivity contribution in [2.75, 3.05) is 18.0 Å². The summed E-state index contributed by atoms with van der Waals surface area (Å²) in [6, 6.07) is 0.139. The highest BCUT2D eigenvalue weighted by Crippen LogP contribution is 2.22. The Balaban J connectivity index is 2.17. The summed E-state index contributed by atoms with van der Waals surface area (Å²) in [5, 5.41) is 4.05. The summed E-state index contributed by atoms with van der Waals surface area (Å²) < 4.78 is 3.21. The maximum absolute atomic E-state index is 12.4. The summed E-state index contributed by atoms with van der Waals surface area (Å²) in [5.41, 5.74) is 7.08. The van der Waals surface area contributed by atoms with E-state index in [0.717, 1.165) is 31.9 Å². The van der Waals surface area contributed by atoms with Crippen LogP contribution in [0.5, 0.6) is 0 Å². The molecule has 1 aliphatic heterocycles. The van der Waals surface area contributed by atoms with Gasteiger partial charge in [-0.05, 0) is 19.8 Å². The lowest BCUT2D eigenvalue weighted by atomic mass is 10.1. The Kier molecular flexibility index (Phi) is 3.86. The Labute approximate surface area is 128 Å². The Morgan fingerprint density at radius 1 is 1.50 bits per heavy atom. The van der Waals surface area contributed by atoms with Gasteiger partial charge in [-0.15, -0.1) is 5.92 Å². The van der Waals surface area contributed by atoms with Crippen LogP contribution in [-0.2, 0) is 13.6 Å². The minimum Gasteiger partial charge on any atom is -0.341 e. The van der Waals surface area contributed by atoms with Gasteiger partial charge in [0.15, 0.2) is 0 Å².